The Bertz CT molecular complexity index is 667. The van der Waals surface area contributed by atoms with Crippen LogP contribution in [0.15, 0.2) is 18.2 Å². The molecule has 21 heavy (non-hydrogen) atoms. The Morgan fingerprint density at radius 3 is 2.29 bits per heavy atom. The van der Waals surface area contributed by atoms with Gasteiger partial charge in [-0.05, 0) is 39.0 Å². The van der Waals surface area contributed by atoms with Crippen LogP contribution in [0.25, 0.3) is 11.3 Å². The third-order valence-corrected chi connectivity index (χ3v) is 3.87. The van der Waals surface area contributed by atoms with Crippen LogP contribution < -0.4 is 5.73 Å². The summed E-state index contributed by atoms with van der Waals surface area (Å²) in [5, 5.41) is 1.21. The van der Waals surface area contributed by atoms with Crippen LogP contribution in [0.4, 0.5) is 5.82 Å². The molecular weight excluding hydrogens is 305 g/mol. The van der Waals surface area contributed by atoms with Gasteiger partial charge in [-0.25, -0.2) is 4.98 Å². The van der Waals surface area contributed by atoms with E-state index < -0.39 is 0 Å². The number of nitrogens with zero attached hydrogens (tertiary/aromatic N) is 2. The van der Waals surface area contributed by atoms with Crippen molar-refractivity contribution in [2.75, 3.05) is 5.73 Å². The number of hydrogen-bond acceptors (Lipinski definition) is 2. The van der Waals surface area contributed by atoms with E-state index in [9.17, 15) is 0 Å². The maximum Gasteiger partial charge on any atom is 0.132 e. The molecule has 0 spiro atoms. The molecule has 0 atom stereocenters. The molecule has 0 amide bonds. The van der Waals surface area contributed by atoms with Crippen LogP contribution in [0, 0.1) is 0 Å². The third-order valence-electron chi connectivity index (χ3n) is 3.31. The van der Waals surface area contributed by atoms with Crippen LogP contribution in [0.1, 0.15) is 46.4 Å². The zero-order chi connectivity index (χ0) is 15.9. The molecule has 0 saturated heterocycles. The number of aromatic nitrogens is 2. The van der Waals surface area contributed by atoms with Gasteiger partial charge >= 0.3 is 0 Å². The summed E-state index contributed by atoms with van der Waals surface area (Å²) in [6.45, 7) is 10.5. The summed E-state index contributed by atoms with van der Waals surface area (Å²) in [6, 6.07) is 5.33. The molecule has 0 bridgehead atoms. The van der Waals surface area contributed by atoms with Crippen LogP contribution in [0.2, 0.25) is 10.0 Å². The Balaban J connectivity index is 2.74. The first kappa shape index (κ1) is 16.2. The number of imidazole rings is 1. The van der Waals surface area contributed by atoms with Crippen molar-refractivity contribution in [3.63, 3.8) is 0 Å². The van der Waals surface area contributed by atoms with Crippen molar-refractivity contribution in [2.45, 2.75) is 46.1 Å². The first-order chi connectivity index (χ1) is 9.62. The Kier molecular flexibility index (Phi) is 4.27. The van der Waals surface area contributed by atoms with Crippen molar-refractivity contribution in [1.82, 2.24) is 9.55 Å². The van der Waals surface area contributed by atoms with E-state index in [2.05, 4.69) is 39.2 Å². The summed E-state index contributed by atoms with van der Waals surface area (Å²) in [4.78, 5) is 4.74. The predicted octanol–water partition coefficient (Wildman–Crippen LogP) is 5.32. The van der Waals surface area contributed by atoms with E-state index in [0.29, 0.717) is 21.6 Å². The van der Waals surface area contributed by atoms with Crippen molar-refractivity contribution >= 4 is 29.0 Å². The quantitative estimate of drug-likeness (QED) is 0.812. The average Bonchev–Trinajstić information content (AvgIpc) is 2.70. The Morgan fingerprint density at radius 1 is 1.19 bits per heavy atom. The molecule has 1 aromatic carbocycles. The molecule has 1 heterocycles. The van der Waals surface area contributed by atoms with E-state index in [1.165, 1.54) is 0 Å². The molecule has 2 aromatic rings. The minimum absolute atomic E-state index is 0.153. The molecular formula is C16H21Cl2N3. The SMILES string of the molecule is CC(C)c1nc(-c2cc(Cl)ccc2Cl)c(N)n1C(C)(C)C. The Labute approximate surface area is 136 Å². The van der Waals surface area contributed by atoms with Gasteiger partial charge in [-0.1, -0.05) is 37.0 Å². The van der Waals surface area contributed by atoms with Crippen molar-refractivity contribution in [3.8, 4) is 11.3 Å². The number of nitrogens with two attached hydrogens (primary N) is 1. The van der Waals surface area contributed by atoms with Crippen LogP contribution in [-0.4, -0.2) is 9.55 Å². The van der Waals surface area contributed by atoms with Crippen LogP contribution in [0.5, 0.6) is 0 Å². The third kappa shape index (κ3) is 3.04. The second-order valence-corrected chi connectivity index (χ2v) is 7.33. The second kappa shape index (κ2) is 5.54. The van der Waals surface area contributed by atoms with Gasteiger partial charge in [-0.3, -0.25) is 0 Å². The maximum atomic E-state index is 6.38. The topological polar surface area (TPSA) is 43.8 Å². The van der Waals surface area contributed by atoms with Gasteiger partial charge in [-0.2, -0.15) is 0 Å². The molecule has 0 fully saturated rings. The number of hydrogen-bond donors (Lipinski definition) is 1. The van der Waals surface area contributed by atoms with Crippen molar-refractivity contribution < 1.29 is 0 Å². The number of anilines is 1. The highest BCUT2D eigenvalue weighted by Gasteiger charge is 2.26. The van der Waals surface area contributed by atoms with Crippen molar-refractivity contribution in [1.29, 1.82) is 0 Å². The van der Waals surface area contributed by atoms with Gasteiger partial charge in [0.25, 0.3) is 0 Å². The number of halogens is 2. The van der Waals surface area contributed by atoms with Crippen molar-refractivity contribution in [2.24, 2.45) is 0 Å². The van der Waals surface area contributed by atoms with Crippen LogP contribution in [-0.2, 0) is 5.54 Å². The molecule has 0 saturated carbocycles. The monoisotopic (exact) mass is 325 g/mol. The van der Waals surface area contributed by atoms with Gasteiger partial charge in [0.1, 0.15) is 17.3 Å². The number of nitrogen functional groups attached to an aromatic ring is 1. The van der Waals surface area contributed by atoms with E-state index >= 15 is 0 Å². The maximum absolute atomic E-state index is 6.38. The minimum atomic E-state index is -0.153. The highest BCUT2D eigenvalue weighted by atomic mass is 35.5. The van der Waals surface area contributed by atoms with Crippen LogP contribution >= 0.6 is 23.2 Å². The molecule has 0 radical (unpaired) electrons. The molecule has 2 rings (SSSR count). The van der Waals surface area contributed by atoms with Gasteiger partial charge in [0.05, 0.1) is 5.02 Å². The molecule has 0 unspecified atom stereocenters. The molecule has 2 N–H and O–H groups in total. The van der Waals surface area contributed by atoms with E-state index in [1.54, 1.807) is 18.2 Å². The fraction of sp³-hybridized carbons (Fsp3) is 0.438. The molecule has 3 nitrogen and oxygen atoms in total. The fourth-order valence-electron chi connectivity index (χ4n) is 2.42. The van der Waals surface area contributed by atoms with E-state index in [-0.39, 0.29) is 11.5 Å². The summed E-state index contributed by atoms with van der Waals surface area (Å²) in [7, 11) is 0. The standard InChI is InChI=1S/C16H21Cl2N3/c1-9(2)15-20-13(14(19)21(15)16(3,4)5)11-8-10(17)6-7-12(11)18/h6-9H,19H2,1-5H3. The largest absolute Gasteiger partial charge is 0.383 e. The predicted molar refractivity (Wildman–Crippen MR) is 91.2 cm³/mol. The highest BCUT2D eigenvalue weighted by Crippen LogP contribution is 2.38. The lowest BCUT2D eigenvalue weighted by atomic mass is 10.1. The van der Waals surface area contributed by atoms with E-state index in [1.807, 2.05) is 0 Å². The summed E-state index contributed by atoms with van der Waals surface area (Å²) in [6.07, 6.45) is 0. The molecule has 0 aliphatic carbocycles. The minimum Gasteiger partial charge on any atom is -0.383 e. The summed E-state index contributed by atoms with van der Waals surface area (Å²) in [5.41, 5.74) is 7.69. The molecule has 0 aliphatic rings. The fourth-order valence-corrected chi connectivity index (χ4v) is 2.80. The number of benzene rings is 1. The lowest BCUT2D eigenvalue weighted by molar-refractivity contribution is 0.382. The van der Waals surface area contributed by atoms with Gasteiger partial charge in [0.2, 0.25) is 0 Å². The normalized spacial score (nSPS) is 12.2. The molecule has 114 valence electrons. The molecule has 0 aliphatic heterocycles. The summed E-state index contributed by atoms with van der Waals surface area (Å²) >= 11 is 12.4. The highest BCUT2D eigenvalue weighted by molar-refractivity contribution is 6.35. The Hall–Kier alpha value is -1.19. The zero-order valence-corrected chi connectivity index (χ0v) is 14.5. The number of rotatable bonds is 2. The van der Waals surface area contributed by atoms with Crippen LogP contribution in [0.3, 0.4) is 0 Å². The van der Waals surface area contributed by atoms with E-state index in [0.717, 1.165) is 11.4 Å². The van der Waals surface area contributed by atoms with E-state index in [4.69, 9.17) is 33.9 Å². The average molecular weight is 326 g/mol. The molecule has 5 heteroatoms. The van der Waals surface area contributed by atoms with Gasteiger partial charge in [0, 0.05) is 22.0 Å². The van der Waals surface area contributed by atoms with Gasteiger partial charge in [-0.15, -0.1) is 0 Å². The first-order valence-electron chi connectivity index (χ1n) is 6.97. The summed E-state index contributed by atoms with van der Waals surface area (Å²) < 4.78 is 2.07. The first-order valence-corrected chi connectivity index (χ1v) is 7.72. The zero-order valence-electron chi connectivity index (χ0n) is 13.0. The summed E-state index contributed by atoms with van der Waals surface area (Å²) in [5.74, 6) is 1.83. The van der Waals surface area contributed by atoms with Crippen molar-refractivity contribution in [3.05, 3.63) is 34.1 Å². The second-order valence-electron chi connectivity index (χ2n) is 6.49. The molecule has 1 aromatic heterocycles. The Morgan fingerprint density at radius 2 is 1.81 bits per heavy atom. The lowest BCUT2D eigenvalue weighted by Gasteiger charge is -2.26. The lowest BCUT2D eigenvalue weighted by Crippen LogP contribution is -2.26. The van der Waals surface area contributed by atoms with Gasteiger partial charge < -0.3 is 10.3 Å². The smallest absolute Gasteiger partial charge is 0.132 e. The van der Waals surface area contributed by atoms with Gasteiger partial charge in [0.15, 0.2) is 0 Å².